The van der Waals surface area contributed by atoms with Crippen molar-refractivity contribution in [1.82, 2.24) is 19.9 Å². The van der Waals surface area contributed by atoms with E-state index in [-0.39, 0.29) is 11.9 Å². The third-order valence-electron chi connectivity index (χ3n) is 6.38. The van der Waals surface area contributed by atoms with Crippen LogP contribution in [0, 0.1) is 6.92 Å². The molecule has 154 valence electrons. The molecule has 1 aromatic heterocycles. The molecule has 0 bridgehead atoms. The van der Waals surface area contributed by atoms with Gasteiger partial charge in [0.2, 0.25) is 0 Å². The lowest BCUT2D eigenvalue weighted by Gasteiger charge is -2.30. The average Bonchev–Trinajstić information content (AvgIpc) is 3.32. The number of hydrogen-bond donors (Lipinski definition) is 0. The molecule has 1 atom stereocenters. The first-order valence-corrected chi connectivity index (χ1v) is 10.8. The van der Waals surface area contributed by atoms with Crippen LogP contribution in [0.15, 0.2) is 24.4 Å². The van der Waals surface area contributed by atoms with Gasteiger partial charge in [-0.15, -0.1) is 5.10 Å². The van der Waals surface area contributed by atoms with Crippen molar-refractivity contribution in [2.75, 3.05) is 37.7 Å². The van der Waals surface area contributed by atoms with Crippen LogP contribution in [-0.4, -0.2) is 64.7 Å². The normalized spacial score (nSPS) is 22.3. The van der Waals surface area contributed by atoms with Crippen molar-refractivity contribution in [3.63, 3.8) is 0 Å². The number of nitrogens with zero attached hydrogens (tertiary/aromatic N) is 5. The molecule has 1 amide bonds. The summed E-state index contributed by atoms with van der Waals surface area (Å²) in [4.78, 5) is 17.6. The minimum absolute atomic E-state index is 0.131. The van der Waals surface area contributed by atoms with Gasteiger partial charge in [-0.25, -0.2) is 0 Å². The number of aryl methyl sites for hydroxylation is 1. The van der Waals surface area contributed by atoms with Crippen LogP contribution in [0.25, 0.3) is 0 Å². The summed E-state index contributed by atoms with van der Waals surface area (Å²) in [6, 6.07) is 6.31. The van der Waals surface area contributed by atoms with Gasteiger partial charge in [-0.3, -0.25) is 9.48 Å². The van der Waals surface area contributed by atoms with Crippen LogP contribution in [0.4, 0.5) is 5.69 Å². The number of rotatable bonds is 5. The van der Waals surface area contributed by atoms with E-state index in [0.29, 0.717) is 5.92 Å². The van der Waals surface area contributed by atoms with Crippen LogP contribution in [-0.2, 0) is 11.3 Å². The number of hydrogen-bond acceptors (Lipinski definition) is 5. The Balaban J connectivity index is 1.28. The highest BCUT2D eigenvalue weighted by Crippen LogP contribution is 2.38. The molecule has 1 aliphatic carbocycles. The van der Waals surface area contributed by atoms with Crippen LogP contribution in [0.1, 0.15) is 53.2 Å². The molecule has 29 heavy (non-hydrogen) atoms. The molecule has 0 unspecified atom stereocenters. The maximum Gasteiger partial charge on any atom is 0.254 e. The maximum atomic E-state index is 13.3. The van der Waals surface area contributed by atoms with Crippen molar-refractivity contribution >= 4 is 11.6 Å². The minimum Gasteiger partial charge on any atom is -0.378 e. The van der Waals surface area contributed by atoms with Crippen molar-refractivity contribution in [1.29, 1.82) is 0 Å². The molecular formula is C22H29N5O2. The summed E-state index contributed by atoms with van der Waals surface area (Å²) in [7, 11) is 0. The Morgan fingerprint density at radius 1 is 1.17 bits per heavy atom. The van der Waals surface area contributed by atoms with Crippen LogP contribution in [0.3, 0.4) is 0 Å². The molecule has 3 heterocycles. The van der Waals surface area contributed by atoms with E-state index in [4.69, 9.17) is 4.74 Å². The predicted octanol–water partition coefficient (Wildman–Crippen LogP) is 2.61. The Labute approximate surface area is 171 Å². The lowest BCUT2D eigenvalue weighted by molar-refractivity contribution is 0.0721. The predicted molar refractivity (Wildman–Crippen MR) is 110 cm³/mol. The van der Waals surface area contributed by atoms with Crippen LogP contribution in [0.5, 0.6) is 0 Å². The summed E-state index contributed by atoms with van der Waals surface area (Å²) in [5, 5.41) is 8.61. The van der Waals surface area contributed by atoms with Crippen molar-refractivity contribution in [2.24, 2.45) is 0 Å². The number of likely N-dealkylation sites (tertiary alicyclic amines) is 1. The summed E-state index contributed by atoms with van der Waals surface area (Å²) in [6.45, 7) is 6.99. The second-order valence-electron chi connectivity index (χ2n) is 8.54. The number of ether oxygens (including phenoxy) is 1. The van der Waals surface area contributed by atoms with E-state index >= 15 is 0 Å². The molecule has 3 fully saturated rings. The van der Waals surface area contributed by atoms with E-state index in [1.807, 2.05) is 21.7 Å². The Hall–Kier alpha value is -2.41. The van der Waals surface area contributed by atoms with E-state index in [2.05, 4.69) is 34.4 Å². The summed E-state index contributed by atoms with van der Waals surface area (Å²) in [5.41, 5.74) is 4.25. The molecule has 2 aliphatic heterocycles. The van der Waals surface area contributed by atoms with Crippen LogP contribution < -0.4 is 4.90 Å². The number of carbonyl (C=O) groups is 1. The molecule has 0 N–H and O–H groups in total. The second kappa shape index (κ2) is 7.78. The van der Waals surface area contributed by atoms with Gasteiger partial charge in [0.15, 0.2) is 0 Å². The fourth-order valence-electron chi connectivity index (χ4n) is 4.59. The molecule has 7 heteroatoms. The summed E-state index contributed by atoms with van der Waals surface area (Å²) >= 11 is 0. The van der Waals surface area contributed by atoms with Crippen molar-refractivity contribution in [2.45, 2.75) is 51.1 Å². The van der Waals surface area contributed by atoms with Crippen molar-refractivity contribution in [3.05, 3.63) is 41.2 Å². The molecule has 0 radical (unpaired) electrons. The fourth-order valence-corrected chi connectivity index (χ4v) is 4.59. The Kier molecular flexibility index (Phi) is 4.99. The largest absolute Gasteiger partial charge is 0.378 e. The van der Waals surface area contributed by atoms with Crippen molar-refractivity contribution in [3.8, 4) is 0 Å². The smallest absolute Gasteiger partial charge is 0.254 e. The zero-order valence-corrected chi connectivity index (χ0v) is 17.1. The molecule has 7 nitrogen and oxygen atoms in total. The Morgan fingerprint density at radius 3 is 2.76 bits per heavy atom. The van der Waals surface area contributed by atoms with E-state index < -0.39 is 0 Å². The average molecular weight is 396 g/mol. The van der Waals surface area contributed by atoms with Gasteiger partial charge in [-0.1, -0.05) is 5.21 Å². The first-order chi connectivity index (χ1) is 14.2. The number of amides is 1. The summed E-state index contributed by atoms with van der Waals surface area (Å²) < 4.78 is 7.38. The van der Waals surface area contributed by atoms with Gasteiger partial charge in [-0.2, -0.15) is 0 Å². The Morgan fingerprint density at radius 2 is 2.00 bits per heavy atom. The maximum absolute atomic E-state index is 13.3. The molecule has 1 saturated carbocycles. The highest BCUT2D eigenvalue weighted by atomic mass is 16.5. The van der Waals surface area contributed by atoms with Gasteiger partial charge in [-0.05, 0) is 56.4 Å². The van der Waals surface area contributed by atoms with Gasteiger partial charge in [0.25, 0.3) is 5.91 Å². The quantitative estimate of drug-likeness (QED) is 0.779. The first-order valence-electron chi connectivity index (χ1n) is 10.8. The summed E-state index contributed by atoms with van der Waals surface area (Å²) in [6.07, 6.45) is 6.60. The molecule has 1 aromatic carbocycles. The van der Waals surface area contributed by atoms with E-state index in [9.17, 15) is 4.79 Å². The lowest BCUT2D eigenvalue weighted by atomic mass is 10.1. The molecule has 5 rings (SSSR count). The third kappa shape index (κ3) is 3.88. The third-order valence-corrected chi connectivity index (χ3v) is 6.38. The van der Waals surface area contributed by atoms with Gasteiger partial charge >= 0.3 is 0 Å². The fraction of sp³-hybridized carbons (Fsp3) is 0.591. The zero-order valence-electron chi connectivity index (χ0n) is 17.1. The van der Waals surface area contributed by atoms with Gasteiger partial charge in [0.1, 0.15) is 0 Å². The highest BCUT2D eigenvalue weighted by Gasteiger charge is 2.31. The zero-order chi connectivity index (χ0) is 19.8. The van der Waals surface area contributed by atoms with E-state index in [1.165, 1.54) is 18.5 Å². The highest BCUT2D eigenvalue weighted by molar-refractivity contribution is 5.95. The SMILES string of the molecule is Cc1cc(C(=O)N2CCC[C@H]2Cn2cc(C3CC3)nn2)ccc1N1CCOCC1. The topological polar surface area (TPSA) is 63.5 Å². The molecule has 2 saturated heterocycles. The number of aromatic nitrogens is 3. The van der Waals surface area contributed by atoms with Crippen molar-refractivity contribution < 1.29 is 9.53 Å². The van der Waals surface area contributed by atoms with Crippen LogP contribution >= 0.6 is 0 Å². The van der Waals surface area contributed by atoms with Crippen LogP contribution in [0.2, 0.25) is 0 Å². The lowest BCUT2D eigenvalue weighted by Crippen LogP contribution is -2.38. The monoisotopic (exact) mass is 395 g/mol. The molecule has 0 spiro atoms. The minimum atomic E-state index is 0.131. The number of carbonyl (C=O) groups excluding carboxylic acids is 1. The first kappa shape index (κ1) is 18.6. The van der Waals surface area contributed by atoms with Gasteiger partial charge < -0.3 is 14.5 Å². The Bertz CT molecular complexity index is 885. The number of benzene rings is 1. The second-order valence-corrected chi connectivity index (χ2v) is 8.54. The van der Waals surface area contributed by atoms with Gasteiger partial charge in [0.05, 0.1) is 31.5 Å². The summed E-state index contributed by atoms with van der Waals surface area (Å²) in [5.74, 6) is 0.740. The molecule has 3 aliphatic rings. The molecule has 2 aromatic rings. The number of morpholine rings is 1. The standard InChI is InChI=1S/C22H29N5O2/c1-16-13-18(6-7-21(16)25-9-11-29-12-10-25)22(28)27-8-2-3-19(27)14-26-15-20(23-24-26)17-4-5-17/h6-7,13,15,17,19H,2-5,8-12,14H2,1H3/t19-/m0/s1. The molecular weight excluding hydrogens is 366 g/mol. The van der Waals surface area contributed by atoms with Gasteiger partial charge in [0, 0.05) is 43.0 Å². The number of anilines is 1. The van der Waals surface area contributed by atoms with E-state index in [0.717, 1.165) is 69.1 Å². The van der Waals surface area contributed by atoms with E-state index in [1.54, 1.807) is 0 Å².